The van der Waals surface area contributed by atoms with E-state index in [0.717, 1.165) is 11.1 Å². The predicted molar refractivity (Wildman–Crippen MR) is 152 cm³/mol. The lowest BCUT2D eigenvalue weighted by molar-refractivity contribution is -0.118. The quantitative estimate of drug-likeness (QED) is 0.361. The average molecular weight is 617 g/mol. The molecule has 0 unspecified atom stereocenters. The summed E-state index contributed by atoms with van der Waals surface area (Å²) in [4.78, 5) is 25.9. The standard InChI is InChI=1S/C30H35BrFN3O5/c1-18-10-11-21(16-24(18)32)30(38)13-15-35(28(37)39-29(3,4)5)17-23(30)26-25(31)27(40-34-26)22-9-7-6-8-20(22)12-14-33-19(2)36/h6-11,16,23,38H,12-15,17H2,1-5H3,(H,33,36)/t23-,30+/m1/s1. The van der Waals surface area contributed by atoms with Gasteiger partial charge in [-0.1, -0.05) is 41.6 Å². The maximum Gasteiger partial charge on any atom is 0.410 e. The smallest absolute Gasteiger partial charge is 0.410 e. The largest absolute Gasteiger partial charge is 0.444 e. The molecular weight excluding hydrogens is 581 g/mol. The normalized spacial score (nSPS) is 19.4. The van der Waals surface area contributed by atoms with Gasteiger partial charge in [-0.05, 0) is 79.2 Å². The van der Waals surface area contributed by atoms with Crippen molar-refractivity contribution in [3.05, 3.63) is 75.1 Å². The molecule has 1 saturated heterocycles. The van der Waals surface area contributed by atoms with Crippen LogP contribution in [0.2, 0.25) is 0 Å². The van der Waals surface area contributed by atoms with Crippen LogP contribution >= 0.6 is 15.9 Å². The van der Waals surface area contributed by atoms with Gasteiger partial charge >= 0.3 is 6.09 Å². The van der Waals surface area contributed by atoms with Crippen LogP contribution in [-0.2, 0) is 21.6 Å². The van der Waals surface area contributed by atoms with Crippen molar-refractivity contribution in [2.75, 3.05) is 19.6 Å². The van der Waals surface area contributed by atoms with E-state index >= 15 is 0 Å². The minimum Gasteiger partial charge on any atom is -0.444 e. The molecule has 2 amide bonds. The highest BCUT2D eigenvalue weighted by molar-refractivity contribution is 9.10. The van der Waals surface area contributed by atoms with Crippen LogP contribution < -0.4 is 5.32 Å². The van der Waals surface area contributed by atoms with Crippen LogP contribution in [0, 0.1) is 12.7 Å². The number of carbonyl (C=O) groups excluding carboxylic acids is 2. The molecule has 2 aromatic carbocycles. The van der Waals surface area contributed by atoms with E-state index in [0.29, 0.717) is 40.0 Å². The van der Waals surface area contributed by atoms with E-state index in [1.54, 1.807) is 39.8 Å². The molecule has 2 N–H and O–H groups in total. The first-order valence-corrected chi connectivity index (χ1v) is 14.0. The Kier molecular flexibility index (Phi) is 8.70. The molecule has 0 radical (unpaired) electrons. The Morgan fingerprint density at radius 2 is 2.00 bits per heavy atom. The third kappa shape index (κ3) is 6.39. The van der Waals surface area contributed by atoms with Crippen molar-refractivity contribution >= 4 is 27.9 Å². The number of hydrogen-bond acceptors (Lipinski definition) is 6. The first-order chi connectivity index (χ1) is 18.8. The molecule has 4 rings (SSSR count). The van der Waals surface area contributed by atoms with Gasteiger partial charge in [0, 0.05) is 32.1 Å². The number of ether oxygens (including phenoxy) is 1. The minimum atomic E-state index is -1.53. The van der Waals surface area contributed by atoms with E-state index in [9.17, 15) is 19.1 Å². The van der Waals surface area contributed by atoms with E-state index in [2.05, 4.69) is 26.4 Å². The number of nitrogens with one attached hydrogen (secondary N) is 1. The summed E-state index contributed by atoms with van der Waals surface area (Å²) in [6, 6.07) is 12.3. The summed E-state index contributed by atoms with van der Waals surface area (Å²) in [5.74, 6) is -0.832. The predicted octanol–water partition coefficient (Wildman–Crippen LogP) is 5.84. The summed E-state index contributed by atoms with van der Waals surface area (Å²) in [6.45, 7) is 9.26. The zero-order chi connectivity index (χ0) is 29.2. The van der Waals surface area contributed by atoms with Gasteiger partial charge in [-0.15, -0.1) is 0 Å². The Bertz CT molecular complexity index is 1400. The Balaban J connectivity index is 1.75. The van der Waals surface area contributed by atoms with Crippen LogP contribution in [0.3, 0.4) is 0 Å². The molecular formula is C30H35BrFN3O5. The van der Waals surface area contributed by atoms with Gasteiger partial charge in [0.25, 0.3) is 0 Å². The lowest BCUT2D eigenvalue weighted by atomic mass is 9.74. The molecule has 1 aliphatic heterocycles. The van der Waals surface area contributed by atoms with Gasteiger partial charge in [0.05, 0.1) is 10.4 Å². The number of aromatic nitrogens is 1. The summed E-state index contributed by atoms with van der Waals surface area (Å²) in [5.41, 5.74) is 0.770. The van der Waals surface area contributed by atoms with E-state index in [1.165, 1.54) is 17.9 Å². The highest BCUT2D eigenvalue weighted by atomic mass is 79.9. The van der Waals surface area contributed by atoms with E-state index in [-0.39, 0.29) is 25.4 Å². The third-order valence-electron chi connectivity index (χ3n) is 7.09. The molecule has 0 bridgehead atoms. The van der Waals surface area contributed by atoms with E-state index in [4.69, 9.17) is 9.26 Å². The number of likely N-dealkylation sites (tertiary alicyclic amines) is 1. The molecule has 0 saturated carbocycles. The number of halogens is 2. The maximum atomic E-state index is 14.7. The molecule has 10 heteroatoms. The van der Waals surface area contributed by atoms with Crippen molar-refractivity contribution in [2.24, 2.45) is 0 Å². The molecule has 40 heavy (non-hydrogen) atoms. The molecule has 214 valence electrons. The number of piperidine rings is 1. The Morgan fingerprint density at radius 1 is 1.27 bits per heavy atom. The number of rotatable bonds is 6. The monoisotopic (exact) mass is 615 g/mol. The summed E-state index contributed by atoms with van der Waals surface area (Å²) in [5, 5.41) is 19.3. The van der Waals surface area contributed by atoms with Crippen molar-refractivity contribution in [3.8, 4) is 11.3 Å². The summed E-state index contributed by atoms with van der Waals surface area (Å²) < 4.78 is 26.6. The van der Waals surface area contributed by atoms with Crippen LogP contribution in [0.4, 0.5) is 9.18 Å². The summed E-state index contributed by atoms with van der Waals surface area (Å²) in [7, 11) is 0. The van der Waals surface area contributed by atoms with Crippen molar-refractivity contribution in [2.45, 2.75) is 64.6 Å². The topological polar surface area (TPSA) is 105 Å². The van der Waals surface area contributed by atoms with Gasteiger partial charge in [0.1, 0.15) is 22.7 Å². The van der Waals surface area contributed by atoms with Gasteiger partial charge in [-0.25, -0.2) is 9.18 Å². The summed E-state index contributed by atoms with van der Waals surface area (Å²) >= 11 is 3.66. The molecule has 1 aliphatic rings. The van der Waals surface area contributed by atoms with Gasteiger partial charge < -0.3 is 24.6 Å². The second-order valence-corrected chi connectivity index (χ2v) is 12.0. The fraction of sp³-hybridized carbons (Fsp3) is 0.433. The lowest BCUT2D eigenvalue weighted by Crippen LogP contribution is -2.51. The molecule has 2 atom stereocenters. The fourth-order valence-electron chi connectivity index (χ4n) is 4.96. The second-order valence-electron chi connectivity index (χ2n) is 11.2. The molecule has 1 aromatic heterocycles. The second kappa shape index (κ2) is 11.7. The molecule has 2 heterocycles. The number of aliphatic hydroxyl groups is 1. The molecule has 3 aromatic rings. The number of hydrogen-bond donors (Lipinski definition) is 2. The number of benzene rings is 2. The van der Waals surface area contributed by atoms with Gasteiger partial charge in [0.2, 0.25) is 5.91 Å². The van der Waals surface area contributed by atoms with Crippen LogP contribution in [0.5, 0.6) is 0 Å². The number of amides is 2. The average Bonchev–Trinajstić information content (AvgIpc) is 3.25. The Morgan fingerprint density at radius 3 is 2.67 bits per heavy atom. The van der Waals surface area contributed by atoms with Crippen LogP contribution in [0.15, 0.2) is 51.5 Å². The first kappa shape index (κ1) is 29.7. The molecule has 8 nitrogen and oxygen atoms in total. The molecule has 1 fully saturated rings. The molecule has 0 spiro atoms. The first-order valence-electron chi connectivity index (χ1n) is 13.2. The summed E-state index contributed by atoms with van der Waals surface area (Å²) in [6.07, 6.45) is 0.208. The van der Waals surface area contributed by atoms with Gasteiger partial charge in [-0.2, -0.15) is 0 Å². The van der Waals surface area contributed by atoms with Crippen molar-refractivity contribution in [1.82, 2.24) is 15.4 Å². The maximum absolute atomic E-state index is 14.7. The Hall–Kier alpha value is -3.24. The van der Waals surface area contributed by atoms with Crippen molar-refractivity contribution in [3.63, 3.8) is 0 Å². The van der Waals surface area contributed by atoms with Crippen LogP contribution in [-0.4, -0.2) is 52.4 Å². The van der Waals surface area contributed by atoms with Crippen molar-refractivity contribution < 1.29 is 28.3 Å². The zero-order valence-electron chi connectivity index (χ0n) is 23.4. The molecule has 0 aliphatic carbocycles. The SMILES string of the molecule is CC(=O)NCCc1ccccc1-c1onc([C@H]2CN(C(=O)OC(C)(C)C)CC[C@]2(O)c2ccc(C)c(F)c2)c1Br. The van der Waals surface area contributed by atoms with Crippen molar-refractivity contribution in [1.29, 1.82) is 0 Å². The zero-order valence-corrected chi connectivity index (χ0v) is 25.0. The van der Waals surface area contributed by atoms with E-state index < -0.39 is 29.0 Å². The number of carbonyl (C=O) groups is 2. The minimum absolute atomic E-state index is 0.0790. The fourth-order valence-corrected chi connectivity index (χ4v) is 5.60. The van der Waals surface area contributed by atoms with Gasteiger partial charge in [-0.3, -0.25) is 4.79 Å². The highest BCUT2D eigenvalue weighted by Crippen LogP contribution is 2.47. The third-order valence-corrected chi connectivity index (χ3v) is 7.85. The lowest BCUT2D eigenvalue weighted by Gasteiger charge is -2.44. The van der Waals surface area contributed by atoms with E-state index in [1.807, 2.05) is 24.3 Å². The number of aryl methyl sites for hydroxylation is 1. The van der Waals surface area contributed by atoms with Crippen LogP contribution in [0.25, 0.3) is 11.3 Å². The highest BCUT2D eigenvalue weighted by Gasteiger charge is 2.48. The Labute approximate surface area is 242 Å². The van der Waals surface area contributed by atoms with Crippen LogP contribution in [0.1, 0.15) is 62.4 Å². The number of nitrogens with zero attached hydrogens (tertiary/aromatic N) is 2. The van der Waals surface area contributed by atoms with Gasteiger partial charge in [0.15, 0.2) is 5.76 Å².